The molecule has 3 aromatic rings. The number of halogens is 2. The molecule has 2 atom stereocenters. The van der Waals surface area contributed by atoms with Gasteiger partial charge in [0.15, 0.2) is 0 Å². The molecule has 3 heterocycles. The fourth-order valence-corrected chi connectivity index (χ4v) is 5.20. The van der Waals surface area contributed by atoms with Crippen LogP contribution in [0.4, 0.5) is 4.79 Å². The van der Waals surface area contributed by atoms with E-state index in [0.29, 0.717) is 21.9 Å². The molecular weight excluding hydrogens is 423 g/mol. The number of amides is 1. The zero-order chi connectivity index (χ0) is 20.7. The van der Waals surface area contributed by atoms with E-state index >= 15 is 0 Å². The fourth-order valence-electron chi connectivity index (χ4n) is 4.63. The number of ether oxygens (including phenoxy) is 1. The Morgan fingerprint density at radius 3 is 2.50 bits per heavy atom. The molecule has 5 rings (SSSR count). The van der Waals surface area contributed by atoms with Crippen molar-refractivity contribution in [3.8, 4) is 0 Å². The molecular formula is C22H22Cl2N4O2. The van der Waals surface area contributed by atoms with Crippen LogP contribution in [-0.2, 0) is 17.9 Å². The van der Waals surface area contributed by atoms with Crippen molar-refractivity contribution in [3.05, 3.63) is 63.9 Å². The van der Waals surface area contributed by atoms with Gasteiger partial charge in [-0.15, -0.1) is 0 Å². The third-order valence-electron chi connectivity index (χ3n) is 6.00. The summed E-state index contributed by atoms with van der Waals surface area (Å²) in [6.45, 7) is 4.57. The van der Waals surface area contributed by atoms with Crippen molar-refractivity contribution in [3.63, 3.8) is 0 Å². The Bertz CT molecular complexity index is 1050. The van der Waals surface area contributed by atoms with Crippen LogP contribution in [0.5, 0.6) is 0 Å². The Morgan fingerprint density at radius 2 is 1.77 bits per heavy atom. The standard InChI is InChI=1S/C22H22Cl2N4O2/c23-18-3-15(4-19(24)6-18)12-30-22(29)28-10-16-8-27(9-17(16)11-28)7-14-1-2-20-21(5-14)26-13-25-20/h1-6,13,16-17H,7-12H2,(H,25,26)/t16-,17-/m0/s1. The van der Waals surface area contributed by atoms with E-state index in [1.807, 2.05) is 4.90 Å². The number of aromatic amines is 1. The van der Waals surface area contributed by atoms with E-state index < -0.39 is 0 Å². The van der Waals surface area contributed by atoms with E-state index in [4.69, 9.17) is 27.9 Å². The highest BCUT2D eigenvalue weighted by atomic mass is 35.5. The van der Waals surface area contributed by atoms with Gasteiger partial charge in [0.25, 0.3) is 0 Å². The van der Waals surface area contributed by atoms with Gasteiger partial charge < -0.3 is 14.6 Å². The van der Waals surface area contributed by atoms with Crippen molar-refractivity contribution >= 4 is 40.3 Å². The number of likely N-dealkylation sites (tertiary alicyclic amines) is 2. The number of nitrogens with one attached hydrogen (secondary N) is 1. The molecule has 1 amide bonds. The number of carbonyl (C=O) groups excluding carboxylic acids is 1. The van der Waals surface area contributed by atoms with Crippen LogP contribution in [0.15, 0.2) is 42.7 Å². The predicted octanol–water partition coefficient (Wildman–Crippen LogP) is 4.57. The average molecular weight is 445 g/mol. The van der Waals surface area contributed by atoms with E-state index in [-0.39, 0.29) is 12.7 Å². The quantitative estimate of drug-likeness (QED) is 0.639. The van der Waals surface area contributed by atoms with Crippen LogP contribution in [0.3, 0.4) is 0 Å². The molecule has 30 heavy (non-hydrogen) atoms. The second kappa shape index (κ2) is 8.10. The maximum absolute atomic E-state index is 12.5. The van der Waals surface area contributed by atoms with Crippen molar-refractivity contribution < 1.29 is 9.53 Å². The van der Waals surface area contributed by atoms with Crippen molar-refractivity contribution in [2.24, 2.45) is 11.8 Å². The van der Waals surface area contributed by atoms with E-state index in [9.17, 15) is 4.79 Å². The van der Waals surface area contributed by atoms with Gasteiger partial charge in [-0.2, -0.15) is 0 Å². The lowest BCUT2D eigenvalue weighted by Gasteiger charge is -2.21. The first-order valence-corrected chi connectivity index (χ1v) is 10.8. The van der Waals surface area contributed by atoms with Crippen LogP contribution in [0, 0.1) is 11.8 Å². The second-order valence-electron chi connectivity index (χ2n) is 8.21. The highest BCUT2D eigenvalue weighted by molar-refractivity contribution is 6.34. The molecule has 2 saturated heterocycles. The summed E-state index contributed by atoms with van der Waals surface area (Å²) in [4.78, 5) is 24.3. The molecule has 2 aromatic carbocycles. The number of hydrogen-bond acceptors (Lipinski definition) is 4. The van der Waals surface area contributed by atoms with Crippen molar-refractivity contribution in [1.29, 1.82) is 0 Å². The summed E-state index contributed by atoms with van der Waals surface area (Å²) in [6, 6.07) is 11.6. The highest BCUT2D eigenvalue weighted by Gasteiger charge is 2.41. The fraction of sp³-hybridized carbons (Fsp3) is 0.364. The molecule has 2 fully saturated rings. The Morgan fingerprint density at radius 1 is 1.03 bits per heavy atom. The number of nitrogens with zero attached hydrogens (tertiary/aromatic N) is 3. The zero-order valence-corrected chi connectivity index (χ0v) is 17.9. The molecule has 0 bridgehead atoms. The van der Waals surface area contributed by atoms with Gasteiger partial charge in [-0.25, -0.2) is 9.78 Å². The number of rotatable bonds is 4. The minimum Gasteiger partial charge on any atom is -0.445 e. The molecule has 2 aliphatic heterocycles. The van der Waals surface area contributed by atoms with Crippen LogP contribution in [0.25, 0.3) is 11.0 Å². The number of fused-ring (bicyclic) bond motifs is 2. The van der Waals surface area contributed by atoms with E-state index in [2.05, 4.69) is 33.1 Å². The van der Waals surface area contributed by atoms with Crippen LogP contribution in [0.1, 0.15) is 11.1 Å². The SMILES string of the molecule is O=C(OCc1cc(Cl)cc(Cl)c1)N1C[C@@H]2CN(Cc3ccc4[nH]cnc4c3)C[C@H]2C1. The molecule has 2 aliphatic rings. The first kappa shape index (κ1) is 19.7. The van der Waals surface area contributed by atoms with Crippen LogP contribution >= 0.6 is 23.2 Å². The Labute approximate surface area is 184 Å². The molecule has 6 nitrogen and oxygen atoms in total. The molecule has 0 saturated carbocycles. The molecule has 1 aromatic heterocycles. The lowest BCUT2D eigenvalue weighted by molar-refractivity contribution is 0.0997. The smallest absolute Gasteiger partial charge is 0.410 e. The number of aromatic nitrogens is 2. The molecule has 156 valence electrons. The van der Waals surface area contributed by atoms with E-state index in [1.165, 1.54) is 5.56 Å². The van der Waals surface area contributed by atoms with Gasteiger partial charge in [-0.3, -0.25) is 4.90 Å². The number of hydrogen-bond donors (Lipinski definition) is 1. The summed E-state index contributed by atoms with van der Waals surface area (Å²) >= 11 is 12.0. The summed E-state index contributed by atoms with van der Waals surface area (Å²) in [5.74, 6) is 0.986. The van der Waals surface area contributed by atoms with E-state index in [0.717, 1.165) is 49.3 Å². The zero-order valence-electron chi connectivity index (χ0n) is 16.4. The summed E-state index contributed by atoms with van der Waals surface area (Å²) in [5, 5.41) is 1.08. The first-order chi connectivity index (χ1) is 14.5. The number of carbonyl (C=O) groups is 1. The Kier molecular flexibility index (Phi) is 5.31. The van der Waals surface area contributed by atoms with Crippen molar-refractivity contribution in [1.82, 2.24) is 19.8 Å². The molecule has 0 spiro atoms. The minimum absolute atomic E-state index is 0.173. The normalized spacial score (nSPS) is 21.3. The molecule has 1 N–H and O–H groups in total. The Hall–Kier alpha value is -2.28. The van der Waals surface area contributed by atoms with Gasteiger partial charge in [-0.1, -0.05) is 29.3 Å². The lowest BCUT2D eigenvalue weighted by atomic mass is 10.0. The van der Waals surface area contributed by atoms with Gasteiger partial charge >= 0.3 is 6.09 Å². The number of H-pyrrole nitrogens is 1. The van der Waals surface area contributed by atoms with Crippen molar-refractivity contribution in [2.45, 2.75) is 13.2 Å². The van der Waals surface area contributed by atoms with Crippen LogP contribution in [0.2, 0.25) is 10.0 Å². The van der Waals surface area contributed by atoms with Crippen LogP contribution < -0.4 is 0 Å². The number of imidazole rings is 1. The average Bonchev–Trinajstić information content (AvgIpc) is 3.39. The molecule has 0 unspecified atom stereocenters. The monoisotopic (exact) mass is 444 g/mol. The molecule has 0 radical (unpaired) electrons. The largest absolute Gasteiger partial charge is 0.445 e. The minimum atomic E-state index is -0.268. The van der Waals surface area contributed by atoms with Gasteiger partial charge in [0, 0.05) is 42.8 Å². The first-order valence-electron chi connectivity index (χ1n) is 10.0. The number of benzene rings is 2. The maximum atomic E-state index is 12.5. The summed E-state index contributed by atoms with van der Waals surface area (Å²) in [6.07, 6.45) is 1.46. The maximum Gasteiger partial charge on any atom is 0.410 e. The van der Waals surface area contributed by atoms with E-state index in [1.54, 1.807) is 24.5 Å². The highest BCUT2D eigenvalue weighted by Crippen LogP contribution is 2.32. The van der Waals surface area contributed by atoms with Gasteiger partial charge in [0.1, 0.15) is 6.61 Å². The molecule has 0 aliphatic carbocycles. The topological polar surface area (TPSA) is 61.5 Å². The Balaban J connectivity index is 1.13. The summed E-state index contributed by atoms with van der Waals surface area (Å²) in [5.41, 5.74) is 4.12. The predicted molar refractivity (Wildman–Crippen MR) is 117 cm³/mol. The third-order valence-corrected chi connectivity index (χ3v) is 6.43. The van der Waals surface area contributed by atoms with Gasteiger partial charge in [-0.05, 0) is 53.3 Å². The molecule has 8 heteroatoms. The lowest BCUT2D eigenvalue weighted by Crippen LogP contribution is -2.33. The summed E-state index contributed by atoms with van der Waals surface area (Å²) in [7, 11) is 0. The second-order valence-corrected chi connectivity index (χ2v) is 9.08. The third kappa shape index (κ3) is 4.13. The van der Waals surface area contributed by atoms with Crippen LogP contribution in [-0.4, -0.2) is 52.0 Å². The van der Waals surface area contributed by atoms with Gasteiger partial charge in [0.05, 0.1) is 17.4 Å². The van der Waals surface area contributed by atoms with Gasteiger partial charge in [0.2, 0.25) is 0 Å². The van der Waals surface area contributed by atoms with Crippen molar-refractivity contribution in [2.75, 3.05) is 26.2 Å². The summed E-state index contributed by atoms with van der Waals surface area (Å²) < 4.78 is 5.49.